The van der Waals surface area contributed by atoms with Crippen LogP contribution in [0, 0.1) is 0 Å². The van der Waals surface area contributed by atoms with Crippen molar-refractivity contribution in [2.45, 2.75) is 25.4 Å². The van der Waals surface area contributed by atoms with E-state index in [4.69, 9.17) is 53.9 Å². The Morgan fingerprint density at radius 1 is 0.949 bits per heavy atom. The first kappa shape index (κ1) is 25.5. The number of benzene rings is 3. The Bertz CT molecular complexity index is 1710. The Hall–Kier alpha value is -3.78. The average molecular weight is 582 g/mol. The largest absolute Gasteiger partial charge is 0.489 e. The van der Waals surface area contributed by atoms with Gasteiger partial charge in [0.15, 0.2) is 0 Å². The lowest BCUT2D eigenvalue weighted by Gasteiger charge is -2.11. The molecule has 10 heteroatoms. The summed E-state index contributed by atoms with van der Waals surface area (Å²) in [6, 6.07) is 19.4. The number of nitrogens with zero attached hydrogens (tertiary/aromatic N) is 2. The molecule has 0 spiro atoms. The SMILES string of the molecule is O=C(O)c1ccc(Oc2ccc3cc(OCc4c(-c5c(Cl)cccc5Cl)noc4C4CC4)ccc3c2)nc1Cl. The number of carboxylic acids is 1. The molecule has 3 aromatic carbocycles. The highest BCUT2D eigenvalue weighted by atomic mass is 35.5. The van der Waals surface area contributed by atoms with E-state index in [1.165, 1.54) is 12.1 Å². The van der Waals surface area contributed by atoms with E-state index >= 15 is 0 Å². The smallest absolute Gasteiger partial charge is 0.338 e. The van der Waals surface area contributed by atoms with Crippen LogP contribution in [-0.4, -0.2) is 21.2 Å². The van der Waals surface area contributed by atoms with Gasteiger partial charge in [-0.2, -0.15) is 0 Å². The summed E-state index contributed by atoms with van der Waals surface area (Å²) in [5.41, 5.74) is 1.98. The third-order valence-corrected chi connectivity index (χ3v) is 7.33. The van der Waals surface area contributed by atoms with E-state index in [2.05, 4.69) is 10.1 Å². The number of halogens is 3. The molecular formula is C29H19Cl3N2O5. The van der Waals surface area contributed by atoms with Gasteiger partial charge in [0.05, 0.1) is 21.2 Å². The first-order valence-corrected chi connectivity index (χ1v) is 13.2. The van der Waals surface area contributed by atoms with Gasteiger partial charge in [-0.05, 0) is 66.1 Å². The summed E-state index contributed by atoms with van der Waals surface area (Å²) in [4.78, 5) is 15.2. The second-order valence-corrected chi connectivity index (χ2v) is 10.3. The van der Waals surface area contributed by atoms with Crippen molar-refractivity contribution in [2.75, 3.05) is 0 Å². The lowest BCUT2D eigenvalue weighted by atomic mass is 10.0. The van der Waals surface area contributed by atoms with Crippen LogP contribution in [0.4, 0.5) is 0 Å². The first-order chi connectivity index (χ1) is 18.9. The van der Waals surface area contributed by atoms with Crippen LogP contribution in [0.5, 0.6) is 17.4 Å². The van der Waals surface area contributed by atoms with Gasteiger partial charge in [-0.25, -0.2) is 9.78 Å². The Balaban J connectivity index is 1.22. The summed E-state index contributed by atoms with van der Waals surface area (Å²) in [7, 11) is 0. The van der Waals surface area contributed by atoms with Gasteiger partial charge in [0.1, 0.15) is 34.7 Å². The normalized spacial score (nSPS) is 13.0. The van der Waals surface area contributed by atoms with E-state index in [9.17, 15) is 4.79 Å². The third-order valence-electron chi connectivity index (χ3n) is 6.41. The van der Waals surface area contributed by atoms with Crippen molar-refractivity contribution in [1.82, 2.24) is 10.1 Å². The Morgan fingerprint density at radius 2 is 1.64 bits per heavy atom. The van der Waals surface area contributed by atoms with Gasteiger partial charge in [0.25, 0.3) is 0 Å². The molecule has 0 radical (unpaired) electrons. The van der Waals surface area contributed by atoms with Crippen LogP contribution in [0.3, 0.4) is 0 Å². The van der Waals surface area contributed by atoms with Crippen LogP contribution in [-0.2, 0) is 6.61 Å². The number of fused-ring (bicyclic) bond motifs is 1. The molecule has 1 aliphatic rings. The van der Waals surface area contributed by atoms with Crippen molar-refractivity contribution in [3.8, 4) is 28.6 Å². The van der Waals surface area contributed by atoms with Crippen LogP contribution in [0.1, 0.15) is 40.4 Å². The van der Waals surface area contributed by atoms with Crippen LogP contribution in [0.15, 0.2) is 71.3 Å². The number of aromatic nitrogens is 2. The summed E-state index contributed by atoms with van der Waals surface area (Å²) in [6.07, 6.45) is 2.09. The number of hydrogen-bond acceptors (Lipinski definition) is 6. The monoisotopic (exact) mass is 580 g/mol. The molecule has 2 aromatic heterocycles. The van der Waals surface area contributed by atoms with Gasteiger partial charge < -0.3 is 19.1 Å². The topological polar surface area (TPSA) is 94.7 Å². The highest BCUT2D eigenvalue weighted by Gasteiger charge is 2.33. The standard InChI is InChI=1S/C29H19Cl3N2O5/c30-22-2-1-3-23(31)25(22)26-21(27(39-34-26)15-4-5-15)14-37-18-8-6-17-13-19(9-7-16(17)12-18)38-24-11-10-20(29(35)36)28(32)33-24/h1-3,6-13,15H,4-5,14H2,(H,35,36). The number of hydrogen-bond donors (Lipinski definition) is 1. The molecule has 0 atom stereocenters. The molecule has 0 saturated heterocycles. The van der Waals surface area contributed by atoms with Crippen molar-refractivity contribution in [1.29, 1.82) is 0 Å². The molecule has 2 heterocycles. The van der Waals surface area contributed by atoms with Gasteiger partial charge in [-0.3, -0.25) is 0 Å². The number of aromatic carboxylic acids is 1. The fraction of sp³-hybridized carbons (Fsp3) is 0.138. The molecule has 5 aromatic rings. The molecule has 1 aliphatic carbocycles. The second-order valence-electron chi connectivity index (χ2n) is 9.10. The molecule has 196 valence electrons. The summed E-state index contributed by atoms with van der Waals surface area (Å²) >= 11 is 18.9. The summed E-state index contributed by atoms with van der Waals surface area (Å²) in [6.45, 7) is 0.248. The quantitative estimate of drug-likeness (QED) is 0.183. The molecule has 0 aliphatic heterocycles. The zero-order valence-electron chi connectivity index (χ0n) is 20.2. The molecule has 0 unspecified atom stereocenters. The molecule has 1 N–H and O–H groups in total. The number of carbonyl (C=O) groups is 1. The van der Waals surface area contributed by atoms with Gasteiger partial charge in [-0.1, -0.05) is 58.2 Å². The minimum absolute atomic E-state index is 0.0902. The maximum Gasteiger partial charge on any atom is 0.338 e. The molecular weight excluding hydrogens is 563 g/mol. The van der Waals surface area contributed by atoms with Gasteiger partial charge in [0.2, 0.25) is 5.88 Å². The van der Waals surface area contributed by atoms with Gasteiger partial charge in [0, 0.05) is 17.5 Å². The molecule has 1 fully saturated rings. The zero-order valence-corrected chi connectivity index (χ0v) is 22.4. The van der Waals surface area contributed by atoms with Gasteiger partial charge in [-0.15, -0.1) is 0 Å². The van der Waals surface area contributed by atoms with E-state index in [1.54, 1.807) is 24.3 Å². The Morgan fingerprint density at radius 3 is 2.31 bits per heavy atom. The third kappa shape index (κ3) is 5.26. The lowest BCUT2D eigenvalue weighted by molar-refractivity contribution is 0.0696. The number of pyridine rings is 1. The molecule has 39 heavy (non-hydrogen) atoms. The van der Waals surface area contributed by atoms with Crippen molar-refractivity contribution in [3.05, 3.63) is 98.8 Å². The molecule has 0 bridgehead atoms. The van der Waals surface area contributed by atoms with Crippen LogP contribution >= 0.6 is 34.8 Å². The van der Waals surface area contributed by atoms with Crippen molar-refractivity contribution in [2.24, 2.45) is 0 Å². The van der Waals surface area contributed by atoms with Crippen molar-refractivity contribution in [3.63, 3.8) is 0 Å². The highest BCUT2D eigenvalue weighted by molar-refractivity contribution is 6.39. The predicted octanol–water partition coefficient (Wildman–Crippen LogP) is 8.80. The fourth-order valence-corrected chi connectivity index (χ4v) is 5.12. The summed E-state index contributed by atoms with van der Waals surface area (Å²) in [5, 5.41) is 16.1. The Kier molecular flexibility index (Phi) is 6.81. The highest BCUT2D eigenvalue weighted by Crippen LogP contribution is 2.46. The van der Waals surface area contributed by atoms with Crippen molar-refractivity contribution < 1.29 is 23.9 Å². The maximum absolute atomic E-state index is 11.1. The predicted molar refractivity (Wildman–Crippen MR) is 148 cm³/mol. The average Bonchev–Trinajstić information content (AvgIpc) is 3.67. The molecule has 1 saturated carbocycles. The maximum atomic E-state index is 11.1. The second kappa shape index (κ2) is 10.4. The fourth-order valence-electron chi connectivity index (χ4n) is 4.31. The summed E-state index contributed by atoms with van der Waals surface area (Å²) in [5.74, 6) is 1.38. The zero-order chi connectivity index (χ0) is 27.1. The van der Waals surface area contributed by atoms with E-state index in [1.807, 2.05) is 30.3 Å². The number of carboxylic acid groups (broad SMARTS) is 1. The first-order valence-electron chi connectivity index (χ1n) is 12.0. The molecule has 0 amide bonds. The van der Waals surface area contributed by atoms with Crippen LogP contribution in [0.2, 0.25) is 15.2 Å². The number of rotatable bonds is 8. The van der Waals surface area contributed by atoms with E-state index < -0.39 is 5.97 Å². The van der Waals surface area contributed by atoms with Crippen molar-refractivity contribution >= 4 is 51.5 Å². The van der Waals surface area contributed by atoms with Crippen LogP contribution in [0.25, 0.3) is 22.0 Å². The molecule has 6 rings (SSSR count). The lowest BCUT2D eigenvalue weighted by Crippen LogP contribution is -2.00. The Labute approximate surface area is 237 Å². The molecule has 7 nitrogen and oxygen atoms in total. The number of ether oxygens (including phenoxy) is 2. The van der Waals surface area contributed by atoms with Crippen LogP contribution < -0.4 is 9.47 Å². The summed E-state index contributed by atoms with van der Waals surface area (Å²) < 4.78 is 17.7. The van der Waals surface area contributed by atoms with E-state index in [0.29, 0.717) is 38.7 Å². The minimum Gasteiger partial charge on any atom is -0.489 e. The van der Waals surface area contributed by atoms with E-state index in [0.717, 1.165) is 34.9 Å². The van der Waals surface area contributed by atoms with E-state index in [-0.39, 0.29) is 23.2 Å². The minimum atomic E-state index is -1.15. The van der Waals surface area contributed by atoms with Gasteiger partial charge >= 0.3 is 5.97 Å².